The molecular formula is C25H28F3NO2. The molecule has 166 valence electrons. The van der Waals surface area contributed by atoms with Gasteiger partial charge in [0.25, 0.3) is 0 Å². The van der Waals surface area contributed by atoms with Gasteiger partial charge in [0.15, 0.2) is 0 Å². The highest BCUT2D eigenvalue weighted by Crippen LogP contribution is 2.35. The van der Waals surface area contributed by atoms with Crippen molar-refractivity contribution in [3.8, 4) is 11.4 Å². The zero-order valence-electron chi connectivity index (χ0n) is 18.1. The molecule has 1 N–H and O–H groups in total. The van der Waals surface area contributed by atoms with Gasteiger partial charge in [-0.15, -0.1) is 0 Å². The summed E-state index contributed by atoms with van der Waals surface area (Å²) in [5, 5.41) is 9.05. The minimum Gasteiger partial charge on any atom is -0.487 e. The number of aromatic nitrogens is 1. The van der Waals surface area contributed by atoms with E-state index in [-0.39, 0.29) is 18.9 Å². The molecule has 0 unspecified atom stereocenters. The van der Waals surface area contributed by atoms with Crippen molar-refractivity contribution in [1.82, 2.24) is 4.57 Å². The fraction of sp³-hybridized carbons (Fsp3) is 0.360. The maximum Gasteiger partial charge on any atom is 0.418 e. The normalized spacial score (nSPS) is 11.7. The van der Waals surface area contributed by atoms with Gasteiger partial charge in [-0.05, 0) is 79.6 Å². The van der Waals surface area contributed by atoms with Crippen molar-refractivity contribution in [2.75, 3.05) is 6.61 Å². The fourth-order valence-electron chi connectivity index (χ4n) is 3.70. The second-order valence-electron chi connectivity index (χ2n) is 7.65. The summed E-state index contributed by atoms with van der Waals surface area (Å²) < 4.78 is 48.4. The van der Waals surface area contributed by atoms with Crippen molar-refractivity contribution in [2.45, 2.75) is 52.8 Å². The van der Waals surface area contributed by atoms with Crippen molar-refractivity contribution in [3.05, 3.63) is 82.2 Å². The topological polar surface area (TPSA) is 34.4 Å². The molecule has 1 aromatic heterocycles. The van der Waals surface area contributed by atoms with Crippen LogP contribution in [0.2, 0.25) is 0 Å². The van der Waals surface area contributed by atoms with Crippen LogP contribution < -0.4 is 4.74 Å². The van der Waals surface area contributed by atoms with Gasteiger partial charge >= 0.3 is 6.18 Å². The summed E-state index contributed by atoms with van der Waals surface area (Å²) in [6.45, 7) is 5.82. The van der Waals surface area contributed by atoms with Crippen LogP contribution in [0.3, 0.4) is 0 Å². The molecule has 0 saturated heterocycles. The number of rotatable bonds is 8. The molecule has 0 spiro atoms. The van der Waals surface area contributed by atoms with E-state index in [1.54, 1.807) is 10.6 Å². The van der Waals surface area contributed by atoms with Gasteiger partial charge in [-0.3, -0.25) is 0 Å². The zero-order chi connectivity index (χ0) is 22.6. The molecule has 0 aliphatic rings. The molecule has 0 amide bonds. The number of benzene rings is 2. The zero-order valence-corrected chi connectivity index (χ0v) is 18.1. The first-order valence-electron chi connectivity index (χ1n) is 10.5. The minimum absolute atomic E-state index is 0.0677. The molecule has 6 heteroatoms. The van der Waals surface area contributed by atoms with Gasteiger partial charge in [-0.2, -0.15) is 13.2 Å². The first-order valence-corrected chi connectivity index (χ1v) is 10.5. The van der Waals surface area contributed by atoms with Crippen LogP contribution in [0.1, 0.15) is 46.9 Å². The number of alkyl halides is 3. The lowest BCUT2D eigenvalue weighted by molar-refractivity contribution is -0.138. The van der Waals surface area contributed by atoms with Crippen molar-refractivity contribution >= 4 is 0 Å². The molecule has 0 aliphatic carbocycles. The monoisotopic (exact) mass is 431 g/mol. The Morgan fingerprint density at radius 2 is 1.68 bits per heavy atom. The Kier molecular flexibility index (Phi) is 7.11. The van der Waals surface area contributed by atoms with Crippen molar-refractivity contribution in [2.24, 2.45) is 0 Å². The number of halogens is 3. The van der Waals surface area contributed by atoms with E-state index in [9.17, 15) is 13.2 Å². The van der Waals surface area contributed by atoms with Crippen LogP contribution in [0.5, 0.6) is 5.75 Å². The van der Waals surface area contributed by atoms with E-state index in [0.717, 1.165) is 41.2 Å². The second-order valence-corrected chi connectivity index (χ2v) is 7.65. The highest BCUT2D eigenvalue weighted by atomic mass is 19.4. The molecule has 3 nitrogen and oxygen atoms in total. The summed E-state index contributed by atoms with van der Waals surface area (Å²) in [7, 11) is 0. The maximum atomic E-state index is 13.6. The van der Waals surface area contributed by atoms with Crippen LogP contribution in [0.15, 0.2) is 48.7 Å². The molecule has 0 aliphatic heterocycles. The molecule has 3 aromatic rings. The van der Waals surface area contributed by atoms with Crippen LogP contribution in [0, 0.1) is 13.8 Å². The third kappa shape index (κ3) is 5.13. The highest BCUT2D eigenvalue weighted by molar-refractivity contribution is 5.44. The van der Waals surface area contributed by atoms with Crippen molar-refractivity contribution in [1.29, 1.82) is 0 Å². The molecule has 2 aromatic carbocycles. The Balaban J connectivity index is 1.91. The Labute approximate surface area is 181 Å². The lowest BCUT2D eigenvalue weighted by Crippen LogP contribution is -2.13. The number of aryl methyl sites for hydroxylation is 2. The molecule has 31 heavy (non-hydrogen) atoms. The summed E-state index contributed by atoms with van der Waals surface area (Å²) in [5.41, 5.74) is 4.20. The van der Waals surface area contributed by atoms with Crippen LogP contribution in [0.25, 0.3) is 5.69 Å². The second kappa shape index (κ2) is 9.60. The van der Waals surface area contributed by atoms with Gasteiger partial charge in [-0.25, -0.2) is 0 Å². The van der Waals surface area contributed by atoms with Gasteiger partial charge in [0, 0.05) is 18.5 Å². The maximum absolute atomic E-state index is 13.6. The fourth-order valence-corrected chi connectivity index (χ4v) is 3.70. The smallest absolute Gasteiger partial charge is 0.418 e. The third-order valence-corrected chi connectivity index (χ3v) is 5.74. The van der Waals surface area contributed by atoms with Gasteiger partial charge in [0.1, 0.15) is 12.4 Å². The van der Waals surface area contributed by atoms with E-state index in [1.807, 2.05) is 51.1 Å². The molecule has 1 heterocycles. The first-order chi connectivity index (χ1) is 14.8. The van der Waals surface area contributed by atoms with Gasteiger partial charge in [-0.1, -0.05) is 25.1 Å². The quantitative estimate of drug-likeness (QED) is 0.462. The van der Waals surface area contributed by atoms with Crippen LogP contribution >= 0.6 is 0 Å². The molecule has 3 rings (SSSR count). The average Bonchev–Trinajstić information content (AvgIpc) is 3.18. The van der Waals surface area contributed by atoms with E-state index in [0.29, 0.717) is 17.9 Å². The first kappa shape index (κ1) is 22.9. The van der Waals surface area contributed by atoms with Crippen LogP contribution in [-0.4, -0.2) is 16.3 Å². The Bertz CT molecular complexity index is 1020. The molecule has 0 radical (unpaired) electrons. The van der Waals surface area contributed by atoms with E-state index in [2.05, 4.69) is 0 Å². The van der Waals surface area contributed by atoms with E-state index in [4.69, 9.17) is 9.84 Å². The Morgan fingerprint density at radius 1 is 0.968 bits per heavy atom. The summed E-state index contributed by atoms with van der Waals surface area (Å²) in [4.78, 5) is 0. The summed E-state index contributed by atoms with van der Waals surface area (Å²) in [5.74, 6) is 0.562. The third-order valence-electron chi connectivity index (χ3n) is 5.74. The predicted molar refractivity (Wildman–Crippen MR) is 116 cm³/mol. The summed E-state index contributed by atoms with van der Waals surface area (Å²) >= 11 is 0. The minimum atomic E-state index is -4.47. The van der Waals surface area contributed by atoms with E-state index in [1.165, 1.54) is 6.20 Å². The van der Waals surface area contributed by atoms with Gasteiger partial charge < -0.3 is 14.4 Å². The van der Waals surface area contributed by atoms with Crippen molar-refractivity contribution < 1.29 is 23.0 Å². The van der Waals surface area contributed by atoms with E-state index < -0.39 is 11.7 Å². The van der Waals surface area contributed by atoms with Gasteiger partial charge in [0.2, 0.25) is 0 Å². The molecule has 0 fully saturated rings. The predicted octanol–water partition coefficient (Wildman–Crippen LogP) is 6.18. The number of hydrogen-bond donors (Lipinski definition) is 1. The number of aliphatic hydroxyl groups is 1. The van der Waals surface area contributed by atoms with Crippen LogP contribution in [0.4, 0.5) is 13.2 Å². The number of hydrogen-bond acceptors (Lipinski definition) is 2. The van der Waals surface area contributed by atoms with Crippen LogP contribution in [-0.2, 0) is 25.6 Å². The Hall–Kier alpha value is -2.73. The Morgan fingerprint density at radius 3 is 2.29 bits per heavy atom. The molecule has 0 atom stereocenters. The summed E-state index contributed by atoms with van der Waals surface area (Å²) in [6, 6.07) is 12.3. The number of ether oxygens (including phenoxy) is 1. The summed E-state index contributed by atoms with van der Waals surface area (Å²) in [6.07, 6.45) is -0.744. The lowest BCUT2D eigenvalue weighted by atomic mass is 9.99. The molecular weight excluding hydrogens is 403 g/mol. The average molecular weight is 431 g/mol. The number of aliphatic hydroxyl groups excluding tert-OH is 1. The molecule has 0 saturated carbocycles. The lowest BCUT2D eigenvalue weighted by Gasteiger charge is -2.17. The van der Waals surface area contributed by atoms with E-state index >= 15 is 0 Å². The standard InChI is InChI=1S/C25H28F3NO2/c1-4-19-7-10-21(11-8-19)29-14-13-22(25(26,27)28)23(29)16-31-24-12-9-20(6-5-15-30)17(2)18(24)3/h7-14,30H,4-6,15-16H2,1-3H3. The highest BCUT2D eigenvalue weighted by Gasteiger charge is 2.35. The SMILES string of the molecule is CCc1ccc(-n2ccc(C(F)(F)F)c2COc2ccc(CCCO)c(C)c2C)cc1. The molecule has 0 bridgehead atoms. The largest absolute Gasteiger partial charge is 0.487 e. The number of nitrogens with zero attached hydrogens (tertiary/aromatic N) is 1. The van der Waals surface area contributed by atoms with Crippen molar-refractivity contribution in [3.63, 3.8) is 0 Å². The van der Waals surface area contributed by atoms with Gasteiger partial charge in [0.05, 0.1) is 11.3 Å².